The van der Waals surface area contributed by atoms with E-state index in [2.05, 4.69) is 20.4 Å². The van der Waals surface area contributed by atoms with Gasteiger partial charge in [0.25, 0.3) is 0 Å². The van der Waals surface area contributed by atoms with Crippen molar-refractivity contribution in [2.75, 3.05) is 18.0 Å². The first-order chi connectivity index (χ1) is 8.75. The number of H-pyrrole nitrogens is 1. The second-order valence-electron chi connectivity index (χ2n) is 4.25. The van der Waals surface area contributed by atoms with E-state index in [4.69, 9.17) is 12.2 Å². The van der Waals surface area contributed by atoms with Gasteiger partial charge in [-0.3, -0.25) is 0 Å². The van der Waals surface area contributed by atoms with Crippen LogP contribution in [0.2, 0.25) is 0 Å². The Morgan fingerprint density at radius 1 is 1.28 bits per heavy atom. The first kappa shape index (κ1) is 11.3. The lowest BCUT2D eigenvalue weighted by Crippen LogP contribution is -2.19. The summed E-state index contributed by atoms with van der Waals surface area (Å²) in [6.45, 7) is 1.84. The van der Waals surface area contributed by atoms with E-state index in [1.54, 1.807) is 6.07 Å². The molecule has 0 atom stereocenters. The molecule has 1 fully saturated rings. The van der Waals surface area contributed by atoms with E-state index >= 15 is 0 Å². The van der Waals surface area contributed by atoms with Gasteiger partial charge in [-0.15, -0.1) is 0 Å². The highest BCUT2D eigenvalue weighted by Gasteiger charge is 2.16. The summed E-state index contributed by atoms with van der Waals surface area (Å²) < 4.78 is 15.8. The molecule has 1 aliphatic rings. The Kier molecular flexibility index (Phi) is 2.83. The van der Waals surface area contributed by atoms with E-state index in [9.17, 15) is 4.39 Å². The van der Waals surface area contributed by atoms with Crippen LogP contribution < -0.4 is 4.90 Å². The molecule has 18 heavy (non-hydrogen) atoms. The molecule has 1 saturated heterocycles. The Hall–Kier alpha value is -1.76. The van der Waals surface area contributed by atoms with Crippen LogP contribution in [-0.2, 0) is 0 Å². The first-order valence-corrected chi connectivity index (χ1v) is 6.21. The van der Waals surface area contributed by atoms with Gasteiger partial charge >= 0.3 is 0 Å². The average Bonchev–Trinajstić information content (AvgIpc) is 2.99. The number of nitrogens with one attached hydrogen (secondary N) is 1. The van der Waals surface area contributed by atoms with Crippen LogP contribution in [-0.4, -0.2) is 33.3 Å². The van der Waals surface area contributed by atoms with Crippen LogP contribution in [0.5, 0.6) is 0 Å². The van der Waals surface area contributed by atoms with Crippen molar-refractivity contribution in [2.24, 2.45) is 0 Å². The van der Waals surface area contributed by atoms with Gasteiger partial charge in [0.05, 0.1) is 11.4 Å². The highest BCUT2D eigenvalue weighted by Crippen LogP contribution is 2.25. The summed E-state index contributed by atoms with van der Waals surface area (Å²) in [5.74, 6) is -0.245. The number of hydrogen-bond donors (Lipinski definition) is 1. The summed E-state index contributed by atoms with van der Waals surface area (Å²) in [5, 5.41) is 9.85. The Bertz CT molecular complexity index is 614. The van der Waals surface area contributed by atoms with Crippen LogP contribution in [0.1, 0.15) is 12.8 Å². The molecule has 1 aromatic heterocycles. The lowest BCUT2D eigenvalue weighted by Gasteiger charge is -2.18. The van der Waals surface area contributed by atoms with Gasteiger partial charge in [0.1, 0.15) is 5.82 Å². The van der Waals surface area contributed by atoms with Gasteiger partial charge in [-0.2, -0.15) is 5.21 Å². The van der Waals surface area contributed by atoms with Gasteiger partial charge in [0.15, 0.2) is 0 Å². The Morgan fingerprint density at radius 3 is 2.67 bits per heavy atom. The summed E-state index contributed by atoms with van der Waals surface area (Å²) in [4.78, 5) is 2.06. The minimum atomic E-state index is -0.245. The van der Waals surface area contributed by atoms with E-state index in [1.165, 1.54) is 10.7 Å². The number of aromatic amines is 1. The highest BCUT2D eigenvalue weighted by atomic mass is 32.1. The monoisotopic (exact) mass is 265 g/mol. The molecule has 94 valence electrons. The first-order valence-electron chi connectivity index (χ1n) is 5.81. The van der Waals surface area contributed by atoms with E-state index in [0.717, 1.165) is 25.9 Å². The topological polar surface area (TPSA) is 49.7 Å². The van der Waals surface area contributed by atoms with Gasteiger partial charge in [-0.25, -0.2) is 9.07 Å². The molecule has 0 spiro atoms. The van der Waals surface area contributed by atoms with Crippen LogP contribution >= 0.6 is 12.2 Å². The van der Waals surface area contributed by atoms with Gasteiger partial charge in [0, 0.05) is 19.2 Å². The highest BCUT2D eigenvalue weighted by molar-refractivity contribution is 7.71. The maximum Gasteiger partial charge on any atom is 0.242 e. The zero-order valence-electron chi connectivity index (χ0n) is 9.64. The smallest absolute Gasteiger partial charge is 0.242 e. The molecular formula is C11H12FN5S. The molecule has 1 aliphatic heterocycles. The number of anilines is 1. The van der Waals surface area contributed by atoms with Crippen molar-refractivity contribution in [1.82, 2.24) is 20.2 Å². The zero-order chi connectivity index (χ0) is 12.5. The lowest BCUT2D eigenvalue weighted by molar-refractivity contribution is 0.620. The summed E-state index contributed by atoms with van der Waals surface area (Å²) in [6, 6.07) is 5.04. The largest absolute Gasteiger partial charge is 0.369 e. The number of rotatable bonds is 2. The number of nitrogens with zero attached hydrogens (tertiary/aromatic N) is 4. The third kappa shape index (κ3) is 1.90. The molecule has 0 bridgehead atoms. The van der Waals surface area contributed by atoms with Crippen molar-refractivity contribution in [1.29, 1.82) is 0 Å². The molecule has 0 amide bonds. The van der Waals surface area contributed by atoms with Crippen molar-refractivity contribution in [3.05, 3.63) is 28.8 Å². The number of aromatic nitrogens is 4. The molecule has 0 aliphatic carbocycles. The van der Waals surface area contributed by atoms with Gasteiger partial charge < -0.3 is 4.90 Å². The van der Waals surface area contributed by atoms with Crippen LogP contribution in [0.3, 0.4) is 0 Å². The zero-order valence-corrected chi connectivity index (χ0v) is 10.5. The quantitative estimate of drug-likeness (QED) is 0.844. The summed E-state index contributed by atoms with van der Waals surface area (Å²) in [5.41, 5.74) is 1.25. The average molecular weight is 265 g/mol. The van der Waals surface area contributed by atoms with Crippen LogP contribution in [0, 0.1) is 10.6 Å². The molecule has 1 aromatic carbocycles. The summed E-state index contributed by atoms with van der Waals surface area (Å²) >= 11 is 4.98. The maximum absolute atomic E-state index is 14.1. The van der Waals surface area contributed by atoms with E-state index in [1.807, 2.05) is 6.07 Å². The second-order valence-corrected chi connectivity index (χ2v) is 4.61. The molecule has 2 heterocycles. The predicted molar refractivity (Wildman–Crippen MR) is 67.9 cm³/mol. The minimum Gasteiger partial charge on any atom is -0.369 e. The SMILES string of the molecule is Fc1cc(-n2[nH]nnc2=S)ccc1N1CCCC1. The van der Waals surface area contributed by atoms with Crippen LogP contribution in [0.4, 0.5) is 10.1 Å². The molecule has 0 radical (unpaired) electrons. The van der Waals surface area contributed by atoms with Crippen molar-refractivity contribution in [2.45, 2.75) is 12.8 Å². The Morgan fingerprint density at radius 2 is 2.06 bits per heavy atom. The number of benzene rings is 1. The fraction of sp³-hybridized carbons (Fsp3) is 0.364. The third-order valence-corrected chi connectivity index (χ3v) is 3.37. The van der Waals surface area contributed by atoms with E-state index in [-0.39, 0.29) is 10.6 Å². The Balaban J connectivity index is 1.98. The van der Waals surface area contributed by atoms with E-state index in [0.29, 0.717) is 11.4 Å². The minimum absolute atomic E-state index is 0.245. The second kappa shape index (κ2) is 4.49. The molecule has 2 aromatic rings. The van der Waals surface area contributed by atoms with Gasteiger partial charge in [-0.1, -0.05) is 10.3 Å². The number of halogens is 1. The molecular weight excluding hydrogens is 253 g/mol. The Labute approximate surface area is 108 Å². The molecule has 3 rings (SSSR count). The molecule has 7 heteroatoms. The standard InChI is InChI=1S/C11H12FN5S/c12-9-7-8(17-11(18)13-14-15-17)3-4-10(9)16-5-1-2-6-16/h3-4,7H,1-2,5-6H2,(H,13,15,18). The molecule has 1 N–H and O–H groups in total. The summed E-state index contributed by atoms with van der Waals surface area (Å²) in [7, 11) is 0. The van der Waals surface area contributed by atoms with Crippen molar-refractivity contribution < 1.29 is 4.39 Å². The van der Waals surface area contributed by atoms with Crippen molar-refractivity contribution >= 4 is 17.9 Å². The van der Waals surface area contributed by atoms with Crippen LogP contribution in [0.15, 0.2) is 18.2 Å². The fourth-order valence-corrected chi connectivity index (χ4v) is 2.40. The predicted octanol–water partition coefficient (Wildman–Crippen LogP) is 2.06. The molecule has 0 unspecified atom stereocenters. The summed E-state index contributed by atoms with van der Waals surface area (Å²) in [6.07, 6.45) is 2.24. The molecule has 0 saturated carbocycles. The van der Waals surface area contributed by atoms with Crippen molar-refractivity contribution in [3.8, 4) is 5.69 Å². The third-order valence-electron chi connectivity index (χ3n) is 3.11. The van der Waals surface area contributed by atoms with Gasteiger partial charge in [0.2, 0.25) is 4.77 Å². The van der Waals surface area contributed by atoms with Crippen molar-refractivity contribution in [3.63, 3.8) is 0 Å². The van der Waals surface area contributed by atoms with E-state index < -0.39 is 0 Å². The maximum atomic E-state index is 14.1. The van der Waals surface area contributed by atoms with Gasteiger partial charge in [-0.05, 0) is 37.2 Å². The number of tetrazole rings is 1. The van der Waals surface area contributed by atoms with Crippen LogP contribution in [0.25, 0.3) is 5.69 Å². The number of hydrogen-bond acceptors (Lipinski definition) is 4. The fourth-order valence-electron chi connectivity index (χ4n) is 2.21. The normalized spacial score (nSPS) is 15.3. The molecule has 5 nitrogen and oxygen atoms in total. The lowest BCUT2D eigenvalue weighted by atomic mass is 10.2.